The van der Waals surface area contributed by atoms with E-state index in [9.17, 15) is 5.11 Å². The first-order chi connectivity index (χ1) is 8.15. The van der Waals surface area contributed by atoms with E-state index >= 15 is 0 Å². The van der Waals surface area contributed by atoms with Crippen LogP contribution in [0.2, 0.25) is 0 Å². The maximum absolute atomic E-state index is 9.23. The molecule has 1 heterocycles. The van der Waals surface area contributed by atoms with Gasteiger partial charge in [-0.1, -0.05) is 13.8 Å². The van der Waals surface area contributed by atoms with Crippen LogP contribution < -0.4 is 10.6 Å². The highest BCUT2D eigenvalue weighted by Crippen LogP contribution is 2.11. The minimum Gasteiger partial charge on any atom is -0.392 e. The SMILES string of the molecule is CCCNc1cc(NCC(C)O)nc(CC)n1. The third-order valence-electron chi connectivity index (χ3n) is 2.22. The van der Waals surface area contributed by atoms with E-state index in [1.54, 1.807) is 6.92 Å². The van der Waals surface area contributed by atoms with Gasteiger partial charge in [0.1, 0.15) is 17.5 Å². The Kier molecular flexibility index (Phi) is 5.69. The third-order valence-corrected chi connectivity index (χ3v) is 2.22. The number of aromatic nitrogens is 2. The van der Waals surface area contributed by atoms with Gasteiger partial charge in [-0.3, -0.25) is 0 Å². The van der Waals surface area contributed by atoms with E-state index in [0.717, 1.165) is 36.8 Å². The Balaban J connectivity index is 2.73. The van der Waals surface area contributed by atoms with Crippen molar-refractivity contribution in [2.45, 2.75) is 39.7 Å². The summed E-state index contributed by atoms with van der Waals surface area (Å²) in [5.74, 6) is 2.40. The normalized spacial score (nSPS) is 12.2. The monoisotopic (exact) mass is 238 g/mol. The lowest BCUT2D eigenvalue weighted by Gasteiger charge is -2.11. The molecule has 0 aliphatic heterocycles. The molecule has 1 atom stereocenters. The average Bonchev–Trinajstić information content (AvgIpc) is 2.33. The van der Waals surface area contributed by atoms with Crippen LogP contribution in [0, 0.1) is 0 Å². The first-order valence-electron chi connectivity index (χ1n) is 6.19. The van der Waals surface area contributed by atoms with Crippen LogP contribution in [0.3, 0.4) is 0 Å². The number of hydrogen-bond acceptors (Lipinski definition) is 5. The lowest BCUT2D eigenvalue weighted by Crippen LogP contribution is -2.17. The molecule has 5 heteroatoms. The van der Waals surface area contributed by atoms with Crippen molar-refractivity contribution in [3.05, 3.63) is 11.9 Å². The Bertz CT molecular complexity index is 341. The highest BCUT2D eigenvalue weighted by Gasteiger charge is 2.03. The Morgan fingerprint density at radius 2 is 1.88 bits per heavy atom. The van der Waals surface area contributed by atoms with E-state index in [0.29, 0.717) is 6.54 Å². The van der Waals surface area contributed by atoms with Crippen LogP contribution in [0.4, 0.5) is 11.6 Å². The smallest absolute Gasteiger partial charge is 0.132 e. The van der Waals surface area contributed by atoms with Crippen molar-refractivity contribution in [2.75, 3.05) is 23.7 Å². The molecular formula is C12H22N4O. The predicted molar refractivity (Wildman–Crippen MR) is 70.4 cm³/mol. The second-order valence-corrected chi connectivity index (χ2v) is 4.06. The minimum absolute atomic E-state index is 0.387. The summed E-state index contributed by atoms with van der Waals surface area (Å²) >= 11 is 0. The lowest BCUT2D eigenvalue weighted by atomic mass is 10.3. The molecule has 0 aliphatic carbocycles. The molecule has 0 spiro atoms. The largest absolute Gasteiger partial charge is 0.392 e. The molecule has 17 heavy (non-hydrogen) atoms. The Hall–Kier alpha value is -1.36. The molecule has 0 aliphatic rings. The molecule has 0 amide bonds. The van der Waals surface area contributed by atoms with Gasteiger partial charge in [-0.15, -0.1) is 0 Å². The molecule has 0 saturated heterocycles. The molecule has 5 nitrogen and oxygen atoms in total. The van der Waals surface area contributed by atoms with Gasteiger partial charge in [-0.05, 0) is 13.3 Å². The van der Waals surface area contributed by atoms with Crippen LogP contribution in [-0.4, -0.2) is 34.3 Å². The standard InChI is InChI=1S/C12H22N4O/c1-4-6-13-11-7-12(14-8-9(3)17)16-10(5-2)15-11/h7,9,17H,4-6,8H2,1-3H3,(H2,13,14,15,16). The maximum Gasteiger partial charge on any atom is 0.132 e. The summed E-state index contributed by atoms with van der Waals surface area (Å²) in [5.41, 5.74) is 0. The summed E-state index contributed by atoms with van der Waals surface area (Å²) in [6, 6.07) is 1.87. The molecule has 1 rings (SSSR count). The first kappa shape index (κ1) is 13.7. The predicted octanol–water partition coefficient (Wildman–Crippen LogP) is 1.65. The van der Waals surface area contributed by atoms with Crippen molar-refractivity contribution in [1.29, 1.82) is 0 Å². The average molecular weight is 238 g/mol. The maximum atomic E-state index is 9.23. The Morgan fingerprint density at radius 1 is 1.24 bits per heavy atom. The number of hydrogen-bond donors (Lipinski definition) is 3. The molecule has 1 aromatic rings. The van der Waals surface area contributed by atoms with Gasteiger partial charge < -0.3 is 15.7 Å². The third kappa shape index (κ3) is 4.99. The van der Waals surface area contributed by atoms with E-state index in [4.69, 9.17) is 0 Å². The number of aliphatic hydroxyl groups excluding tert-OH is 1. The minimum atomic E-state index is -0.387. The second-order valence-electron chi connectivity index (χ2n) is 4.06. The van der Waals surface area contributed by atoms with Crippen molar-refractivity contribution >= 4 is 11.6 Å². The zero-order valence-electron chi connectivity index (χ0n) is 10.8. The Morgan fingerprint density at radius 3 is 2.41 bits per heavy atom. The van der Waals surface area contributed by atoms with Crippen molar-refractivity contribution in [3.8, 4) is 0 Å². The van der Waals surface area contributed by atoms with Crippen molar-refractivity contribution in [3.63, 3.8) is 0 Å². The zero-order valence-corrected chi connectivity index (χ0v) is 10.8. The van der Waals surface area contributed by atoms with Crippen LogP contribution in [0.25, 0.3) is 0 Å². The van der Waals surface area contributed by atoms with Gasteiger partial charge in [0.25, 0.3) is 0 Å². The number of aryl methyl sites for hydroxylation is 1. The summed E-state index contributed by atoms with van der Waals surface area (Å²) in [4.78, 5) is 8.75. The van der Waals surface area contributed by atoms with Crippen molar-refractivity contribution in [2.24, 2.45) is 0 Å². The molecule has 0 saturated carbocycles. The second kappa shape index (κ2) is 7.06. The van der Waals surface area contributed by atoms with Crippen LogP contribution in [0.15, 0.2) is 6.07 Å². The number of aliphatic hydroxyl groups is 1. The quantitative estimate of drug-likeness (QED) is 0.674. The van der Waals surface area contributed by atoms with Gasteiger partial charge in [-0.2, -0.15) is 0 Å². The molecule has 0 fully saturated rings. The fourth-order valence-electron chi connectivity index (χ4n) is 1.34. The molecule has 0 bridgehead atoms. The van der Waals surface area contributed by atoms with Gasteiger partial charge in [0.15, 0.2) is 0 Å². The van der Waals surface area contributed by atoms with Crippen LogP contribution in [0.5, 0.6) is 0 Å². The molecule has 0 aromatic carbocycles. The number of rotatable bonds is 7. The molecular weight excluding hydrogens is 216 g/mol. The summed E-state index contributed by atoms with van der Waals surface area (Å²) in [6.45, 7) is 7.27. The first-order valence-corrected chi connectivity index (χ1v) is 6.19. The highest BCUT2D eigenvalue weighted by atomic mass is 16.3. The van der Waals surface area contributed by atoms with E-state index in [1.165, 1.54) is 0 Å². The lowest BCUT2D eigenvalue weighted by molar-refractivity contribution is 0.208. The van der Waals surface area contributed by atoms with Gasteiger partial charge in [0.05, 0.1) is 6.10 Å². The molecule has 1 unspecified atom stereocenters. The summed E-state index contributed by atoms with van der Waals surface area (Å²) < 4.78 is 0. The number of anilines is 2. The number of nitrogens with zero attached hydrogens (tertiary/aromatic N) is 2. The van der Waals surface area contributed by atoms with Crippen molar-refractivity contribution in [1.82, 2.24) is 9.97 Å². The zero-order chi connectivity index (χ0) is 12.7. The molecule has 96 valence electrons. The van der Waals surface area contributed by atoms with E-state index in [-0.39, 0.29) is 6.10 Å². The fraction of sp³-hybridized carbons (Fsp3) is 0.667. The summed E-state index contributed by atoms with van der Waals surface area (Å²) in [5, 5.41) is 15.6. The van der Waals surface area contributed by atoms with Crippen molar-refractivity contribution < 1.29 is 5.11 Å². The number of nitrogens with one attached hydrogen (secondary N) is 2. The molecule has 3 N–H and O–H groups in total. The van der Waals surface area contributed by atoms with E-state index < -0.39 is 0 Å². The fourth-order valence-corrected chi connectivity index (χ4v) is 1.34. The van der Waals surface area contributed by atoms with Gasteiger partial charge in [0, 0.05) is 25.6 Å². The molecule has 1 aromatic heterocycles. The van der Waals surface area contributed by atoms with E-state index in [1.807, 2.05) is 13.0 Å². The molecule has 0 radical (unpaired) electrons. The Labute approximate surface area is 103 Å². The van der Waals surface area contributed by atoms with Gasteiger partial charge in [-0.25, -0.2) is 9.97 Å². The van der Waals surface area contributed by atoms with Crippen LogP contribution in [-0.2, 0) is 6.42 Å². The topological polar surface area (TPSA) is 70.1 Å². The van der Waals surface area contributed by atoms with Crippen LogP contribution >= 0.6 is 0 Å². The summed E-state index contributed by atoms with van der Waals surface area (Å²) in [6.07, 6.45) is 1.47. The van der Waals surface area contributed by atoms with E-state index in [2.05, 4.69) is 27.5 Å². The van der Waals surface area contributed by atoms with Gasteiger partial charge in [0.2, 0.25) is 0 Å². The van der Waals surface area contributed by atoms with Gasteiger partial charge >= 0.3 is 0 Å². The summed E-state index contributed by atoms with van der Waals surface area (Å²) in [7, 11) is 0. The highest BCUT2D eigenvalue weighted by molar-refractivity contribution is 5.47. The van der Waals surface area contributed by atoms with Crippen LogP contribution in [0.1, 0.15) is 33.0 Å².